The maximum absolute atomic E-state index is 11.5. The van der Waals surface area contributed by atoms with Crippen molar-refractivity contribution in [3.05, 3.63) is 84.4 Å². The molecule has 0 amide bonds. The van der Waals surface area contributed by atoms with Crippen LogP contribution in [0.2, 0.25) is 0 Å². The number of aliphatic hydroxyl groups is 1. The molecule has 1 unspecified atom stereocenters. The Bertz CT molecular complexity index is 1400. The van der Waals surface area contributed by atoms with Gasteiger partial charge in [-0.25, -0.2) is 9.97 Å². The van der Waals surface area contributed by atoms with Crippen molar-refractivity contribution in [1.29, 1.82) is 0 Å². The van der Waals surface area contributed by atoms with Crippen LogP contribution in [0.15, 0.2) is 73.3 Å². The zero-order chi connectivity index (χ0) is 26.0. The van der Waals surface area contributed by atoms with Gasteiger partial charge in [0.1, 0.15) is 23.6 Å². The second-order valence-electron chi connectivity index (χ2n) is 9.85. The summed E-state index contributed by atoms with van der Waals surface area (Å²) in [6.45, 7) is 2.13. The fourth-order valence-electron chi connectivity index (χ4n) is 5.40. The Kier molecular flexibility index (Phi) is 6.66. The van der Waals surface area contributed by atoms with Crippen LogP contribution in [0.1, 0.15) is 24.0 Å². The SMILES string of the molecule is COc1cncc(-c2ccc(NC(O)C3(c4ccc(-c5cnc6c(c5)CCN6)cc4)CCOCC3)nc2)c1. The zero-order valence-corrected chi connectivity index (χ0v) is 21.4. The lowest BCUT2D eigenvalue weighted by Crippen LogP contribution is -2.48. The number of rotatable bonds is 7. The van der Waals surface area contributed by atoms with Crippen LogP contribution in [-0.2, 0) is 16.6 Å². The highest BCUT2D eigenvalue weighted by Crippen LogP contribution is 2.39. The van der Waals surface area contributed by atoms with Gasteiger partial charge in [-0.2, -0.15) is 0 Å². The van der Waals surface area contributed by atoms with E-state index in [1.165, 1.54) is 5.56 Å². The summed E-state index contributed by atoms with van der Waals surface area (Å²) in [5.41, 5.74) is 5.91. The number of fused-ring (bicyclic) bond motifs is 1. The van der Waals surface area contributed by atoms with E-state index in [0.29, 0.717) is 37.6 Å². The smallest absolute Gasteiger partial charge is 0.137 e. The molecule has 0 saturated carbocycles. The third-order valence-corrected chi connectivity index (χ3v) is 7.69. The highest BCUT2D eigenvalue weighted by Gasteiger charge is 2.41. The fraction of sp³-hybridized carbons (Fsp3) is 0.300. The monoisotopic (exact) mass is 509 g/mol. The van der Waals surface area contributed by atoms with Gasteiger partial charge < -0.3 is 25.2 Å². The van der Waals surface area contributed by atoms with Gasteiger partial charge in [-0.15, -0.1) is 0 Å². The Labute approximate surface area is 222 Å². The zero-order valence-electron chi connectivity index (χ0n) is 21.4. The maximum Gasteiger partial charge on any atom is 0.137 e. The van der Waals surface area contributed by atoms with E-state index in [9.17, 15) is 5.11 Å². The fourth-order valence-corrected chi connectivity index (χ4v) is 5.40. The van der Waals surface area contributed by atoms with E-state index < -0.39 is 11.6 Å². The van der Waals surface area contributed by atoms with Crippen LogP contribution >= 0.6 is 0 Å². The molecule has 3 N–H and O–H groups in total. The van der Waals surface area contributed by atoms with Crippen molar-refractivity contribution < 1.29 is 14.6 Å². The predicted molar refractivity (Wildman–Crippen MR) is 147 cm³/mol. The average molecular weight is 510 g/mol. The quantitative estimate of drug-likeness (QED) is 0.309. The molecule has 6 rings (SSSR count). The molecule has 194 valence electrons. The van der Waals surface area contributed by atoms with Crippen molar-refractivity contribution >= 4 is 11.6 Å². The molecule has 0 bridgehead atoms. The molecular weight excluding hydrogens is 478 g/mol. The van der Waals surface area contributed by atoms with Crippen molar-refractivity contribution in [1.82, 2.24) is 15.0 Å². The molecule has 0 aliphatic carbocycles. The summed E-state index contributed by atoms with van der Waals surface area (Å²) in [5.74, 6) is 2.29. The van der Waals surface area contributed by atoms with E-state index in [0.717, 1.165) is 46.6 Å². The Balaban J connectivity index is 1.22. The molecule has 3 aromatic heterocycles. The first-order valence-electron chi connectivity index (χ1n) is 13.0. The van der Waals surface area contributed by atoms with Crippen LogP contribution in [0.5, 0.6) is 5.75 Å². The number of pyridine rings is 3. The number of hydrogen-bond acceptors (Lipinski definition) is 8. The molecule has 38 heavy (non-hydrogen) atoms. The van der Waals surface area contributed by atoms with Crippen LogP contribution < -0.4 is 15.4 Å². The summed E-state index contributed by atoms with van der Waals surface area (Å²) in [7, 11) is 1.62. The number of methoxy groups -OCH3 is 1. The van der Waals surface area contributed by atoms with Gasteiger partial charge in [0.25, 0.3) is 0 Å². The minimum atomic E-state index is -0.832. The number of nitrogens with zero attached hydrogens (tertiary/aromatic N) is 3. The molecule has 0 radical (unpaired) electrons. The van der Waals surface area contributed by atoms with Gasteiger partial charge in [0.05, 0.1) is 13.3 Å². The second kappa shape index (κ2) is 10.4. The molecule has 8 heteroatoms. The molecule has 1 atom stereocenters. The Morgan fingerprint density at radius 1 is 0.921 bits per heavy atom. The maximum atomic E-state index is 11.5. The van der Waals surface area contributed by atoms with Gasteiger partial charge in [0, 0.05) is 60.5 Å². The predicted octanol–water partition coefficient (Wildman–Crippen LogP) is 4.66. The molecule has 1 fully saturated rings. The van der Waals surface area contributed by atoms with Gasteiger partial charge in [0.15, 0.2) is 0 Å². The number of aromatic nitrogens is 3. The first-order valence-corrected chi connectivity index (χ1v) is 13.0. The Hall–Kier alpha value is -4.01. The van der Waals surface area contributed by atoms with E-state index in [-0.39, 0.29) is 0 Å². The summed E-state index contributed by atoms with van der Waals surface area (Å²) in [5, 5.41) is 18.1. The van der Waals surface area contributed by atoms with Crippen molar-refractivity contribution in [2.75, 3.05) is 37.5 Å². The number of hydrogen-bond donors (Lipinski definition) is 3. The van der Waals surface area contributed by atoms with E-state index in [2.05, 4.69) is 55.9 Å². The Morgan fingerprint density at radius 3 is 2.45 bits per heavy atom. The third kappa shape index (κ3) is 4.68. The molecule has 2 aliphatic heterocycles. The van der Waals surface area contributed by atoms with Crippen molar-refractivity contribution in [3.63, 3.8) is 0 Å². The standard InChI is InChI=1S/C30H31N5O3/c1-37-26-15-24(16-31-19-26)22-4-7-27(33-17-22)35-29(36)30(9-12-38-13-10-30)25-5-2-20(3-6-25)23-14-21-8-11-32-28(21)34-18-23/h2-7,14-19,29,36H,8-13H2,1H3,(H,32,34)(H,33,35). The van der Waals surface area contributed by atoms with E-state index in [4.69, 9.17) is 9.47 Å². The summed E-state index contributed by atoms with van der Waals surface area (Å²) in [6.07, 6.45) is 8.73. The van der Waals surface area contributed by atoms with Gasteiger partial charge in [-0.05, 0) is 60.2 Å². The van der Waals surface area contributed by atoms with Crippen LogP contribution in [-0.4, -0.2) is 53.2 Å². The average Bonchev–Trinajstić information content (AvgIpc) is 3.46. The molecule has 2 aliphatic rings. The topological polar surface area (TPSA) is 101 Å². The molecule has 5 heterocycles. The van der Waals surface area contributed by atoms with Gasteiger partial charge in [-0.3, -0.25) is 4.98 Å². The number of aliphatic hydroxyl groups excluding tert-OH is 1. The number of ether oxygens (including phenoxy) is 2. The van der Waals surface area contributed by atoms with E-state index >= 15 is 0 Å². The highest BCUT2D eigenvalue weighted by molar-refractivity contribution is 5.67. The van der Waals surface area contributed by atoms with Gasteiger partial charge in [0.2, 0.25) is 0 Å². The molecule has 1 saturated heterocycles. The van der Waals surface area contributed by atoms with Crippen LogP contribution in [0.3, 0.4) is 0 Å². The minimum Gasteiger partial charge on any atom is -0.495 e. The van der Waals surface area contributed by atoms with Crippen LogP contribution in [0.4, 0.5) is 11.6 Å². The highest BCUT2D eigenvalue weighted by atomic mass is 16.5. The lowest BCUT2D eigenvalue weighted by molar-refractivity contribution is -0.00504. The first-order chi connectivity index (χ1) is 18.6. The molecule has 8 nitrogen and oxygen atoms in total. The molecular formula is C30H31N5O3. The lowest BCUT2D eigenvalue weighted by Gasteiger charge is -2.41. The molecule has 1 aromatic carbocycles. The third-order valence-electron chi connectivity index (χ3n) is 7.69. The van der Waals surface area contributed by atoms with Crippen LogP contribution in [0.25, 0.3) is 22.3 Å². The normalized spacial score (nSPS) is 16.8. The van der Waals surface area contributed by atoms with E-state index in [1.807, 2.05) is 24.4 Å². The lowest BCUT2D eigenvalue weighted by atomic mass is 9.72. The summed E-state index contributed by atoms with van der Waals surface area (Å²) >= 11 is 0. The molecule has 0 spiro atoms. The molecule has 4 aromatic rings. The minimum absolute atomic E-state index is 0.492. The van der Waals surface area contributed by atoms with Crippen molar-refractivity contribution in [2.24, 2.45) is 0 Å². The van der Waals surface area contributed by atoms with E-state index in [1.54, 1.807) is 25.7 Å². The summed E-state index contributed by atoms with van der Waals surface area (Å²) < 4.78 is 11.0. The number of benzene rings is 1. The number of nitrogens with one attached hydrogen (secondary N) is 2. The van der Waals surface area contributed by atoms with Crippen LogP contribution in [0, 0.1) is 0 Å². The first kappa shape index (κ1) is 24.3. The van der Waals surface area contributed by atoms with Crippen molar-refractivity contribution in [2.45, 2.75) is 30.9 Å². The number of anilines is 2. The Morgan fingerprint density at radius 2 is 1.68 bits per heavy atom. The van der Waals surface area contributed by atoms with Gasteiger partial charge in [-0.1, -0.05) is 24.3 Å². The summed E-state index contributed by atoms with van der Waals surface area (Å²) in [6, 6.07) is 16.5. The summed E-state index contributed by atoms with van der Waals surface area (Å²) in [4.78, 5) is 13.4. The largest absolute Gasteiger partial charge is 0.495 e. The van der Waals surface area contributed by atoms with Gasteiger partial charge >= 0.3 is 0 Å². The second-order valence-corrected chi connectivity index (χ2v) is 9.85. The van der Waals surface area contributed by atoms with Crippen molar-refractivity contribution in [3.8, 4) is 28.0 Å².